The first kappa shape index (κ1) is 19.1. The summed E-state index contributed by atoms with van der Waals surface area (Å²) in [5.41, 5.74) is 5.36. The molecular weight excluding hydrogens is 306 g/mol. The number of nitrogens with one attached hydrogen (secondary N) is 2. The van der Waals surface area contributed by atoms with Crippen LogP contribution in [0, 0.1) is 0 Å². The number of carbonyl (C=O) groups is 4. The molecule has 0 spiro atoms. The number of aliphatic hydroxyl groups is 1. The number of aliphatic hydroxyl groups excluding tert-OH is 1. The van der Waals surface area contributed by atoms with E-state index in [1.807, 2.05) is 5.32 Å². The number of carbonyl (C=O) groups excluding carboxylic acids is 2. The Kier molecular flexibility index (Phi) is 8.35. The van der Waals surface area contributed by atoms with E-state index in [4.69, 9.17) is 21.1 Å². The first-order chi connectivity index (χ1) is 9.72. The largest absolute Gasteiger partial charge is 0.481 e. The molecule has 0 aliphatic heterocycles. The molecule has 0 heterocycles. The maximum Gasteiger partial charge on any atom is 0.326 e. The van der Waals surface area contributed by atoms with Gasteiger partial charge < -0.3 is 31.7 Å². The highest BCUT2D eigenvalue weighted by atomic mass is 32.1. The Bertz CT molecular complexity index is 417. The van der Waals surface area contributed by atoms with Crippen molar-refractivity contribution in [1.82, 2.24) is 10.6 Å². The van der Waals surface area contributed by atoms with Crippen LogP contribution in [0.5, 0.6) is 0 Å². The topological polar surface area (TPSA) is 179 Å². The maximum atomic E-state index is 11.7. The van der Waals surface area contributed by atoms with E-state index in [1.54, 1.807) is 0 Å². The summed E-state index contributed by atoms with van der Waals surface area (Å²) in [4.78, 5) is 44.5. The van der Waals surface area contributed by atoms with Crippen LogP contribution in [-0.4, -0.2) is 69.6 Å². The summed E-state index contributed by atoms with van der Waals surface area (Å²) < 4.78 is 0. The molecule has 0 aliphatic carbocycles. The van der Waals surface area contributed by atoms with Crippen molar-refractivity contribution in [1.29, 1.82) is 0 Å². The van der Waals surface area contributed by atoms with Crippen molar-refractivity contribution in [3.8, 4) is 0 Å². The van der Waals surface area contributed by atoms with E-state index in [0.29, 0.717) is 0 Å². The molecule has 0 unspecified atom stereocenters. The van der Waals surface area contributed by atoms with Gasteiger partial charge in [0.1, 0.15) is 12.1 Å². The predicted octanol–water partition coefficient (Wildman–Crippen LogP) is -3.24. The molecular formula is C10H17N3O7S. The van der Waals surface area contributed by atoms with Crippen molar-refractivity contribution in [2.24, 2.45) is 5.73 Å². The molecule has 0 saturated heterocycles. The van der Waals surface area contributed by atoms with Crippen molar-refractivity contribution in [2.75, 3.05) is 12.4 Å². The summed E-state index contributed by atoms with van der Waals surface area (Å²) in [5, 5.41) is 30.3. The first-order valence-corrected chi connectivity index (χ1v) is 6.38. The summed E-state index contributed by atoms with van der Waals surface area (Å²) in [6, 6.07) is -4.14. The van der Waals surface area contributed by atoms with Crippen LogP contribution in [0.2, 0.25) is 0 Å². The fourth-order valence-corrected chi connectivity index (χ4v) is 1.37. The van der Waals surface area contributed by atoms with Gasteiger partial charge in [0.25, 0.3) is 0 Å². The summed E-state index contributed by atoms with van der Waals surface area (Å²) in [7, 11) is 0. The number of amides is 2. The van der Waals surface area contributed by atoms with E-state index >= 15 is 0 Å². The van der Waals surface area contributed by atoms with Crippen LogP contribution in [0.4, 0.5) is 0 Å². The number of carboxylic acids is 2. The monoisotopic (exact) mass is 323 g/mol. The summed E-state index contributed by atoms with van der Waals surface area (Å²) in [6.45, 7) is -0.809. The lowest BCUT2D eigenvalue weighted by molar-refractivity contribution is -0.147. The fourth-order valence-electron chi connectivity index (χ4n) is 1.20. The highest BCUT2D eigenvalue weighted by Gasteiger charge is 2.28. The fraction of sp³-hybridized carbons (Fsp3) is 0.600. The zero-order valence-electron chi connectivity index (χ0n) is 10.9. The second-order valence-corrected chi connectivity index (χ2v) is 4.40. The molecule has 0 aromatic rings. The van der Waals surface area contributed by atoms with Gasteiger partial charge in [0, 0.05) is 5.75 Å². The zero-order chi connectivity index (χ0) is 16.6. The lowest BCUT2D eigenvalue weighted by Crippen LogP contribution is -2.56. The Hall–Kier alpha value is -1.85. The van der Waals surface area contributed by atoms with Crippen molar-refractivity contribution in [3.63, 3.8) is 0 Å². The third-order valence-corrected chi connectivity index (χ3v) is 2.74. The zero-order valence-corrected chi connectivity index (χ0v) is 11.7. The van der Waals surface area contributed by atoms with Gasteiger partial charge in [-0.25, -0.2) is 4.79 Å². The SMILES string of the molecule is N[C@@H](CS)C(=O)N[C@@H](CO)C(=O)N[C@@H](CC(=O)O)C(=O)O. The van der Waals surface area contributed by atoms with Gasteiger partial charge in [-0.05, 0) is 0 Å². The van der Waals surface area contributed by atoms with Gasteiger partial charge in [-0.1, -0.05) is 0 Å². The summed E-state index contributed by atoms with van der Waals surface area (Å²) in [5.74, 6) is -4.78. The molecule has 10 nitrogen and oxygen atoms in total. The van der Waals surface area contributed by atoms with Crippen LogP contribution >= 0.6 is 12.6 Å². The summed E-state index contributed by atoms with van der Waals surface area (Å²) >= 11 is 3.79. The molecule has 2 amide bonds. The second kappa shape index (κ2) is 9.15. The molecule has 0 bridgehead atoms. The minimum absolute atomic E-state index is 0.00235. The molecule has 21 heavy (non-hydrogen) atoms. The third-order valence-electron chi connectivity index (χ3n) is 2.34. The smallest absolute Gasteiger partial charge is 0.326 e. The van der Waals surface area contributed by atoms with Crippen molar-refractivity contribution >= 4 is 36.4 Å². The Morgan fingerprint density at radius 2 is 1.57 bits per heavy atom. The molecule has 0 aromatic heterocycles. The number of hydrogen-bond acceptors (Lipinski definition) is 7. The molecule has 0 fully saturated rings. The number of carboxylic acid groups (broad SMARTS) is 2. The number of hydrogen-bond donors (Lipinski definition) is 7. The molecule has 7 N–H and O–H groups in total. The van der Waals surface area contributed by atoms with Gasteiger partial charge in [-0.3, -0.25) is 14.4 Å². The van der Waals surface area contributed by atoms with Gasteiger partial charge in [-0.15, -0.1) is 0 Å². The Balaban J connectivity index is 4.73. The number of rotatable bonds is 9. The standard InChI is InChI=1S/C10H17N3O7S/c11-4(3-21)8(17)13-6(2-14)9(18)12-5(10(19)20)1-7(15)16/h4-6,14,21H,1-3,11H2,(H,12,18)(H,13,17)(H,15,16)(H,19,20)/t4-,5-,6-/m0/s1. The van der Waals surface area contributed by atoms with Gasteiger partial charge in [0.05, 0.1) is 19.1 Å². The molecule has 0 rings (SSSR count). The van der Waals surface area contributed by atoms with Crippen LogP contribution in [-0.2, 0) is 19.2 Å². The van der Waals surface area contributed by atoms with Gasteiger partial charge in [0.2, 0.25) is 11.8 Å². The average molecular weight is 323 g/mol. The molecule has 0 radical (unpaired) electrons. The lowest BCUT2D eigenvalue weighted by atomic mass is 10.2. The number of aliphatic carboxylic acids is 2. The van der Waals surface area contributed by atoms with Gasteiger partial charge in [-0.2, -0.15) is 12.6 Å². The lowest BCUT2D eigenvalue weighted by Gasteiger charge is -2.20. The average Bonchev–Trinajstić information content (AvgIpc) is 2.41. The third kappa shape index (κ3) is 6.92. The minimum Gasteiger partial charge on any atom is -0.481 e. The van der Waals surface area contributed by atoms with Crippen molar-refractivity contribution in [2.45, 2.75) is 24.5 Å². The first-order valence-electron chi connectivity index (χ1n) is 5.75. The maximum absolute atomic E-state index is 11.7. The van der Waals surface area contributed by atoms with Crippen LogP contribution in [0.1, 0.15) is 6.42 Å². The summed E-state index contributed by atoms with van der Waals surface area (Å²) in [6.07, 6.45) is -0.844. The minimum atomic E-state index is -1.68. The van der Waals surface area contributed by atoms with E-state index in [-0.39, 0.29) is 5.75 Å². The molecule has 0 aliphatic rings. The quantitative estimate of drug-likeness (QED) is 0.216. The molecule has 3 atom stereocenters. The normalized spacial score (nSPS) is 14.6. The van der Waals surface area contributed by atoms with Crippen LogP contribution in [0.3, 0.4) is 0 Å². The highest BCUT2D eigenvalue weighted by Crippen LogP contribution is 1.95. The predicted molar refractivity (Wildman–Crippen MR) is 72.7 cm³/mol. The van der Waals surface area contributed by atoms with Crippen LogP contribution in [0.15, 0.2) is 0 Å². The molecule has 0 saturated carbocycles. The van der Waals surface area contributed by atoms with Crippen molar-refractivity contribution < 1.29 is 34.5 Å². The van der Waals surface area contributed by atoms with Crippen LogP contribution < -0.4 is 16.4 Å². The number of nitrogens with two attached hydrogens (primary N) is 1. The Morgan fingerprint density at radius 1 is 1.05 bits per heavy atom. The van der Waals surface area contributed by atoms with Gasteiger partial charge in [0.15, 0.2) is 0 Å². The number of thiol groups is 1. The van der Waals surface area contributed by atoms with E-state index in [0.717, 1.165) is 0 Å². The van der Waals surface area contributed by atoms with E-state index in [2.05, 4.69) is 17.9 Å². The van der Waals surface area contributed by atoms with E-state index < -0.39 is 54.9 Å². The van der Waals surface area contributed by atoms with Crippen molar-refractivity contribution in [3.05, 3.63) is 0 Å². The molecule has 120 valence electrons. The van der Waals surface area contributed by atoms with Crippen LogP contribution in [0.25, 0.3) is 0 Å². The highest BCUT2D eigenvalue weighted by molar-refractivity contribution is 7.80. The Morgan fingerprint density at radius 3 is 1.95 bits per heavy atom. The van der Waals surface area contributed by atoms with E-state index in [9.17, 15) is 19.2 Å². The van der Waals surface area contributed by atoms with E-state index in [1.165, 1.54) is 0 Å². The van der Waals surface area contributed by atoms with Gasteiger partial charge >= 0.3 is 11.9 Å². The second-order valence-electron chi connectivity index (χ2n) is 4.03. The molecule has 11 heteroatoms. The molecule has 0 aromatic carbocycles. The Labute approximate surface area is 125 Å².